The Morgan fingerprint density at radius 2 is 2.13 bits per heavy atom. The zero-order valence-electron chi connectivity index (χ0n) is 8.72. The highest BCUT2D eigenvalue weighted by Gasteiger charge is 2.61. The van der Waals surface area contributed by atoms with Crippen LogP contribution in [-0.2, 0) is 4.79 Å². The summed E-state index contributed by atoms with van der Waals surface area (Å²) in [6.07, 6.45) is 6.22. The second-order valence-corrected chi connectivity index (χ2v) is 4.78. The third-order valence-electron chi connectivity index (χ3n) is 3.17. The van der Waals surface area contributed by atoms with E-state index in [1.807, 2.05) is 13.0 Å². The molecule has 0 bridgehead atoms. The number of halogens is 2. The Morgan fingerprint density at radius 3 is 2.60 bits per heavy atom. The molecule has 15 heavy (non-hydrogen) atoms. The predicted molar refractivity (Wildman–Crippen MR) is 52.6 cm³/mol. The van der Waals surface area contributed by atoms with Crippen molar-refractivity contribution in [3.8, 4) is 0 Å². The van der Waals surface area contributed by atoms with Gasteiger partial charge in [0.05, 0.1) is 0 Å². The van der Waals surface area contributed by atoms with Gasteiger partial charge in [-0.05, 0) is 26.2 Å². The Balaban J connectivity index is 1.92. The topological polar surface area (TPSA) is 29.1 Å². The molecule has 0 aromatic heterocycles. The molecule has 1 fully saturated rings. The van der Waals surface area contributed by atoms with Crippen LogP contribution < -0.4 is 5.32 Å². The molecule has 2 nitrogen and oxygen atoms in total. The highest BCUT2D eigenvalue weighted by molar-refractivity contribution is 5.83. The van der Waals surface area contributed by atoms with Crippen molar-refractivity contribution in [2.24, 2.45) is 5.92 Å². The van der Waals surface area contributed by atoms with Crippen molar-refractivity contribution in [1.29, 1.82) is 0 Å². The van der Waals surface area contributed by atoms with E-state index in [9.17, 15) is 13.6 Å². The summed E-state index contributed by atoms with van der Waals surface area (Å²) in [6, 6.07) is 0. The van der Waals surface area contributed by atoms with E-state index in [1.165, 1.54) is 0 Å². The van der Waals surface area contributed by atoms with Gasteiger partial charge in [-0.1, -0.05) is 12.2 Å². The van der Waals surface area contributed by atoms with Crippen LogP contribution in [0.3, 0.4) is 0 Å². The number of carbonyl (C=O) groups is 1. The number of nitrogens with one attached hydrogen (secondary N) is 1. The van der Waals surface area contributed by atoms with Gasteiger partial charge in [-0.15, -0.1) is 0 Å². The molecule has 1 saturated carbocycles. The lowest BCUT2D eigenvalue weighted by molar-refractivity contribution is -0.126. The van der Waals surface area contributed by atoms with E-state index in [0.29, 0.717) is 0 Å². The van der Waals surface area contributed by atoms with Crippen LogP contribution in [0, 0.1) is 5.92 Å². The molecule has 0 aliphatic heterocycles. The van der Waals surface area contributed by atoms with Crippen molar-refractivity contribution in [2.45, 2.75) is 44.1 Å². The third kappa shape index (κ3) is 2.19. The van der Waals surface area contributed by atoms with Crippen molar-refractivity contribution in [3.05, 3.63) is 12.2 Å². The van der Waals surface area contributed by atoms with Crippen LogP contribution in [0.4, 0.5) is 8.78 Å². The molecular formula is C11H15F2NO. The molecule has 0 aromatic carbocycles. The first-order chi connectivity index (χ1) is 6.93. The summed E-state index contributed by atoms with van der Waals surface area (Å²) in [5, 5.41) is 2.74. The van der Waals surface area contributed by atoms with E-state index in [-0.39, 0.29) is 12.0 Å². The van der Waals surface area contributed by atoms with Gasteiger partial charge in [0.2, 0.25) is 5.91 Å². The van der Waals surface area contributed by atoms with Crippen LogP contribution >= 0.6 is 0 Å². The number of alkyl halides is 2. The average molecular weight is 215 g/mol. The second kappa shape index (κ2) is 3.29. The molecule has 84 valence electrons. The highest BCUT2D eigenvalue weighted by Crippen LogP contribution is 2.49. The lowest BCUT2D eigenvalue weighted by Gasteiger charge is -2.32. The molecule has 0 spiro atoms. The Bertz CT molecular complexity index is 314. The van der Waals surface area contributed by atoms with Gasteiger partial charge in [0, 0.05) is 12.0 Å². The zero-order valence-corrected chi connectivity index (χ0v) is 8.72. The van der Waals surface area contributed by atoms with E-state index < -0.39 is 17.7 Å². The van der Waals surface area contributed by atoms with Gasteiger partial charge in [-0.2, -0.15) is 0 Å². The monoisotopic (exact) mass is 215 g/mol. The minimum absolute atomic E-state index is 0.287. The van der Waals surface area contributed by atoms with Crippen molar-refractivity contribution in [3.63, 3.8) is 0 Å². The Hall–Kier alpha value is -0.930. The summed E-state index contributed by atoms with van der Waals surface area (Å²) in [5.74, 6) is -4.33. The van der Waals surface area contributed by atoms with E-state index in [4.69, 9.17) is 0 Å². The molecular weight excluding hydrogens is 200 g/mol. The van der Waals surface area contributed by atoms with Gasteiger partial charge in [-0.3, -0.25) is 4.79 Å². The number of rotatable bonds is 2. The van der Waals surface area contributed by atoms with E-state index in [2.05, 4.69) is 11.4 Å². The van der Waals surface area contributed by atoms with Crippen LogP contribution in [0.2, 0.25) is 0 Å². The van der Waals surface area contributed by atoms with E-state index in [1.54, 1.807) is 0 Å². The lowest BCUT2D eigenvalue weighted by atomic mass is 9.87. The minimum Gasteiger partial charge on any atom is -0.350 e. The second-order valence-electron chi connectivity index (χ2n) is 4.78. The van der Waals surface area contributed by atoms with Crippen LogP contribution in [0.25, 0.3) is 0 Å². The zero-order chi connectivity index (χ0) is 11.1. The van der Waals surface area contributed by atoms with Crippen molar-refractivity contribution >= 4 is 5.91 Å². The fourth-order valence-corrected chi connectivity index (χ4v) is 1.96. The molecule has 2 rings (SSSR count). The smallest absolute Gasteiger partial charge is 0.260 e. The molecule has 0 radical (unpaired) electrons. The fraction of sp³-hybridized carbons (Fsp3) is 0.727. The minimum atomic E-state index is -2.76. The SMILES string of the molecule is C[C@@]1(NC(=O)[C@H]2CC2(F)F)CC=CCC1. The first-order valence-electron chi connectivity index (χ1n) is 5.28. The summed E-state index contributed by atoms with van der Waals surface area (Å²) in [6.45, 7) is 1.91. The molecule has 0 heterocycles. The first-order valence-corrected chi connectivity index (χ1v) is 5.28. The third-order valence-corrected chi connectivity index (χ3v) is 3.17. The number of amides is 1. The molecule has 1 N–H and O–H groups in total. The Kier molecular flexibility index (Phi) is 2.32. The van der Waals surface area contributed by atoms with Crippen LogP contribution in [0.5, 0.6) is 0 Å². The number of allylic oxidation sites excluding steroid dienone is 1. The molecule has 0 saturated heterocycles. The largest absolute Gasteiger partial charge is 0.350 e. The lowest BCUT2D eigenvalue weighted by Crippen LogP contribution is -2.47. The van der Waals surface area contributed by atoms with E-state index in [0.717, 1.165) is 19.3 Å². The standard InChI is InChI=1S/C11H15F2NO/c1-10(5-3-2-4-6-10)14-9(15)8-7-11(8,12)13/h2-3,8H,4-7H2,1H3,(H,14,15)/t8-,10-/m1/s1. The molecule has 2 aliphatic carbocycles. The van der Waals surface area contributed by atoms with E-state index >= 15 is 0 Å². The average Bonchev–Trinajstić information content (AvgIpc) is 2.76. The maximum Gasteiger partial charge on any atom is 0.260 e. The number of hydrogen-bond acceptors (Lipinski definition) is 1. The van der Waals surface area contributed by atoms with Gasteiger partial charge in [0.25, 0.3) is 5.92 Å². The molecule has 2 aliphatic rings. The molecule has 2 atom stereocenters. The van der Waals surface area contributed by atoms with Crippen molar-refractivity contribution < 1.29 is 13.6 Å². The van der Waals surface area contributed by atoms with Crippen LogP contribution in [0.1, 0.15) is 32.6 Å². The van der Waals surface area contributed by atoms with Gasteiger partial charge in [-0.25, -0.2) is 8.78 Å². The maximum atomic E-state index is 12.7. The van der Waals surface area contributed by atoms with Gasteiger partial charge < -0.3 is 5.32 Å². The Morgan fingerprint density at radius 1 is 1.47 bits per heavy atom. The molecule has 0 unspecified atom stereocenters. The molecule has 4 heteroatoms. The summed E-state index contributed by atoms with van der Waals surface area (Å²) in [5.41, 5.74) is -0.329. The fourth-order valence-electron chi connectivity index (χ4n) is 1.96. The normalized spacial score (nSPS) is 37.4. The van der Waals surface area contributed by atoms with Gasteiger partial charge in [0.1, 0.15) is 5.92 Å². The molecule has 0 aromatic rings. The summed E-state index contributed by atoms with van der Waals surface area (Å²) in [7, 11) is 0. The van der Waals surface area contributed by atoms with Crippen molar-refractivity contribution in [2.75, 3.05) is 0 Å². The maximum absolute atomic E-state index is 12.7. The first kappa shape index (κ1) is 10.6. The summed E-state index contributed by atoms with van der Waals surface area (Å²) in [4.78, 5) is 11.5. The molecule has 1 amide bonds. The van der Waals surface area contributed by atoms with Crippen LogP contribution in [-0.4, -0.2) is 17.4 Å². The predicted octanol–water partition coefficient (Wildman–Crippen LogP) is 2.26. The summed E-state index contributed by atoms with van der Waals surface area (Å²) < 4.78 is 25.3. The number of carbonyl (C=O) groups excluding carboxylic acids is 1. The highest BCUT2D eigenvalue weighted by atomic mass is 19.3. The van der Waals surface area contributed by atoms with Gasteiger partial charge in [0.15, 0.2) is 0 Å². The summed E-state index contributed by atoms with van der Waals surface area (Å²) >= 11 is 0. The number of hydrogen-bond donors (Lipinski definition) is 1. The quantitative estimate of drug-likeness (QED) is 0.703. The van der Waals surface area contributed by atoms with Crippen molar-refractivity contribution in [1.82, 2.24) is 5.32 Å². The Labute approximate surface area is 87.7 Å². The van der Waals surface area contributed by atoms with Gasteiger partial charge >= 0.3 is 0 Å². The van der Waals surface area contributed by atoms with Crippen LogP contribution in [0.15, 0.2) is 12.2 Å².